The number of alkyl halides is 3. The molecule has 0 aliphatic carbocycles. The van der Waals surface area contributed by atoms with Crippen molar-refractivity contribution in [1.29, 1.82) is 0 Å². The first-order chi connectivity index (χ1) is 10.2. The van der Waals surface area contributed by atoms with E-state index in [1.807, 2.05) is 0 Å². The van der Waals surface area contributed by atoms with E-state index in [0.717, 1.165) is 0 Å². The third-order valence-corrected chi connectivity index (χ3v) is 3.71. The number of nitrogens with one attached hydrogen (secondary N) is 1. The molecular formula is C13H11Cl2F3N2O2. The van der Waals surface area contributed by atoms with Crippen molar-refractivity contribution in [1.82, 2.24) is 4.90 Å². The Bertz CT molecular complexity index is 607. The van der Waals surface area contributed by atoms with Gasteiger partial charge < -0.3 is 10.2 Å². The lowest BCUT2D eigenvalue weighted by Gasteiger charge is -2.18. The highest BCUT2D eigenvalue weighted by atomic mass is 35.5. The maximum absolute atomic E-state index is 12.3. The van der Waals surface area contributed by atoms with E-state index in [0.29, 0.717) is 9.92 Å². The molecule has 4 nitrogen and oxygen atoms in total. The van der Waals surface area contributed by atoms with E-state index in [4.69, 9.17) is 23.2 Å². The van der Waals surface area contributed by atoms with Gasteiger partial charge in [-0.3, -0.25) is 9.59 Å². The van der Waals surface area contributed by atoms with E-state index >= 15 is 0 Å². The number of carbonyl (C=O) groups excluding carboxylic acids is 2. The Labute approximate surface area is 134 Å². The van der Waals surface area contributed by atoms with Gasteiger partial charge in [-0.2, -0.15) is 13.2 Å². The lowest BCUT2D eigenvalue weighted by molar-refractivity contribution is -0.157. The average Bonchev–Trinajstić information content (AvgIpc) is 2.73. The molecule has 22 heavy (non-hydrogen) atoms. The summed E-state index contributed by atoms with van der Waals surface area (Å²) >= 11 is 11.7. The van der Waals surface area contributed by atoms with Crippen LogP contribution in [0.15, 0.2) is 18.2 Å². The quantitative estimate of drug-likeness (QED) is 0.904. The third-order valence-electron chi connectivity index (χ3n) is 3.14. The van der Waals surface area contributed by atoms with Crippen LogP contribution in [0.1, 0.15) is 6.42 Å². The zero-order valence-corrected chi connectivity index (χ0v) is 12.6. The third kappa shape index (κ3) is 4.27. The molecule has 0 bridgehead atoms. The molecule has 1 aliphatic heterocycles. The summed E-state index contributed by atoms with van der Waals surface area (Å²) in [5.74, 6) is -2.12. The van der Waals surface area contributed by atoms with Crippen molar-refractivity contribution in [3.8, 4) is 0 Å². The molecule has 1 unspecified atom stereocenters. The summed E-state index contributed by atoms with van der Waals surface area (Å²) in [7, 11) is 0. The van der Waals surface area contributed by atoms with E-state index in [1.165, 1.54) is 18.2 Å². The molecule has 0 saturated carbocycles. The maximum atomic E-state index is 12.3. The summed E-state index contributed by atoms with van der Waals surface area (Å²) in [5, 5.41) is 3.07. The van der Waals surface area contributed by atoms with Crippen molar-refractivity contribution >= 4 is 40.7 Å². The fraction of sp³-hybridized carbons (Fsp3) is 0.385. The summed E-state index contributed by atoms with van der Waals surface area (Å²) in [6.07, 6.45) is -4.75. The summed E-state index contributed by atoms with van der Waals surface area (Å²) in [5.41, 5.74) is 0.251. The van der Waals surface area contributed by atoms with Gasteiger partial charge in [0.2, 0.25) is 11.8 Å². The Morgan fingerprint density at radius 2 is 2.05 bits per heavy atom. The van der Waals surface area contributed by atoms with Gasteiger partial charge in [-0.1, -0.05) is 23.2 Å². The molecule has 0 radical (unpaired) electrons. The second kappa shape index (κ2) is 6.34. The number of anilines is 1. The van der Waals surface area contributed by atoms with E-state index in [9.17, 15) is 22.8 Å². The molecule has 1 saturated heterocycles. The summed E-state index contributed by atoms with van der Waals surface area (Å²) in [4.78, 5) is 24.2. The van der Waals surface area contributed by atoms with Crippen LogP contribution in [0.2, 0.25) is 10.0 Å². The highest BCUT2D eigenvalue weighted by molar-refractivity contribution is 6.35. The summed E-state index contributed by atoms with van der Waals surface area (Å²) < 4.78 is 37.0. The zero-order valence-electron chi connectivity index (χ0n) is 11.1. The Hall–Kier alpha value is -1.47. The average molecular weight is 355 g/mol. The van der Waals surface area contributed by atoms with Gasteiger partial charge in [-0.25, -0.2) is 0 Å². The van der Waals surface area contributed by atoms with Crippen LogP contribution in [0.3, 0.4) is 0 Å². The minimum absolute atomic E-state index is 0.245. The van der Waals surface area contributed by atoms with Crippen LogP contribution in [-0.2, 0) is 9.59 Å². The van der Waals surface area contributed by atoms with E-state index in [2.05, 4.69) is 5.32 Å². The first kappa shape index (κ1) is 16.9. The number of nitrogens with zero attached hydrogens (tertiary/aromatic N) is 1. The molecule has 1 heterocycles. The molecule has 120 valence electrons. The van der Waals surface area contributed by atoms with Gasteiger partial charge in [0.25, 0.3) is 0 Å². The number of carbonyl (C=O) groups is 2. The van der Waals surface area contributed by atoms with Crippen LogP contribution >= 0.6 is 23.2 Å². The molecule has 1 fully saturated rings. The van der Waals surface area contributed by atoms with Gasteiger partial charge in [0.05, 0.1) is 16.6 Å². The van der Waals surface area contributed by atoms with E-state index in [1.54, 1.807) is 0 Å². The SMILES string of the molecule is O=C(Nc1cc(Cl)ccc1Cl)C1CC(=O)N(CC(F)(F)F)C1. The standard InChI is InChI=1S/C13H11Cl2F3N2O2/c14-8-1-2-9(15)10(4-8)19-12(22)7-3-11(21)20(5-7)6-13(16,17)18/h1-2,4,7H,3,5-6H2,(H,19,22). The first-order valence-corrected chi connectivity index (χ1v) is 7.02. The van der Waals surface area contributed by atoms with E-state index < -0.39 is 30.5 Å². The lowest BCUT2D eigenvalue weighted by atomic mass is 10.1. The monoisotopic (exact) mass is 354 g/mol. The number of hydrogen-bond acceptors (Lipinski definition) is 2. The van der Waals surface area contributed by atoms with Crippen molar-refractivity contribution in [3.05, 3.63) is 28.2 Å². The Morgan fingerprint density at radius 1 is 1.36 bits per heavy atom. The van der Waals surface area contributed by atoms with Crippen molar-refractivity contribution in [2.45, 2.75) is 12.6 Å². The minimum atomic E-state index is -4.49. The van der Waals surface area contributed by atoms with Gasteiger partial charge >= 0.3 is 6.18 Å². The smallest absolute Gasteiger partial charge is 0.333 e. The number of likely N-dealkylation sites (tertiary alicyclic amines) is 1. The van der Waals surface area contributed by atoms with Gasteiger partial charge in [0.15, 0.2) is 0 Å². The predicted octanol–water partition coefficient (Wildman–Crippen LogP) is 3.34. The normalized spacial score (nSPS) is 18.7. The van der Waals surface area contributed by atoms with Crippen molar-refractivity contribution < 1.29 is 22.8 Å². The molecule has 2 amide bonds. The van der Waals surface area contributed by atoms with Crippen LogP contribution in [0, 0.1) is 5.92 Å². The second-order valence-electron chi connectivity index (χ2n) is 4.90. The molecular weight excluding hydrogens is 344 g/mol. The predicted molar refractivity (Wildman–Crippen MR) is 75.8 cm³/mol. The Kier molecular flexibility index (Phi) is 4.87. The van der Waals surface area contributed by atoms with Crippen LogP contribution in [-0.4, -0.2) is 36.0 Å². The highest BCUT2D eigenvalue weighted by Gasteiger charge is 2.40. The van der Waals surface area contributed by atoms with Crippen LogP contribution < -0.4 is 5.32 Å². The fourth-order valence-electron chi connectivity index (χ4n) is 2.15. The lowest BCUT2D eigenvalue weighted by Crippen LogP contribution is -2.36. The Morgan fingerprint density at radius 3 is 2.68 bits per heavy atom. The number of amides is 2. The first-order valence-electron chi connectivity index (χ1n) is 6.26. The van der Waals surface area contributed by atoms with Crippen LogP contribution in [0.25, 0.3) is 0 Å². The maximum Gasteiger partial charge on any atom is 0.406 e. The number of halogens is 5. The zero-order chi connectivity index (χ0) is 16.5. The summed E-state index contributed by atoms with van der Waals surface area (Å²) in [6, 6.07) is 4.44. The molecule has 1 aromatic carbocycles. The molecule has 1 aliphatic rings. The second-order valence-corrected chi connectivity index (χ2v) is 5.75. The van der Waals surface area contributed by atoms with Crippen molar-refractivity contribution in [2.24, 2.45) is 5.92 Å². The molecule has 2 rings (SSSR count). The molecule has 1 N–H and O–H groups in total. The largest absolute Gasteiger partial charge is 0.406 e. The van der Waals surface area contributed by atoms with Gasteiger partial charge in [-0.15, -0.1) is 0 Å². The molecule has 1 aromatic rings. The highest BCUT2D eigenvalue weighted by Crippen LogP contribution is 2.28. The Balaban J connectivity index is 2.02. The fourth-order valence-corrected chi connectivity index (χ4v) is 2.48. The number of hydrogen-bond donors (Lipinski definition) is 1. The molecule has 0 aromatic heterocycles. The summed E-state index contributed by atoms with van der Waals surface area (Å²) in [6.45, 7) is -1.63. The molecule has 0 spiro atoms. The van der Waals surface area contributed by atoms with Crippen molar-refractivity contribution in [3.63, 3.8) is 0 Å². The van der Waals surface area contributed by atoms with Crippen molar-refractivity contribution in [2.75, 3.05) is 18.4 Å². The number of benzene rings is 1. The van der Waals surface area contributed by atoms with Gasteiger partial charge in [0, 0.05) is 18.0 Å². The van der Waals surface area contributed by atoms with E-state index in [-0.39, 0.29) is 23.7 Å². The van der Waals surface area contributed by atoms with Crippen LogP contribution in [0.5, 0.6) is 0 Å². The van der Waals surface area contributed by atoms with Gasteiger partial charge in [0.1, 0.15) is 6.54 Å². The van der Waals surface area contributed by atoms with Crippen LogP contribution in [0.4, 0.5) is 18.9 Å². The molecule has 9 heteroatoms. The number of rotatable bonds is 3. The molecule has 1 atom stereocenters. The topological polar surface area (TPSA) is 49.4 Å². The minimum Gasteiger partial charge on any atom is -0.333 e. The van der Waals surface area contributed by atoms with Gasteiger partial charge in [-0.05, 0) is 18.2 Å².